The van der Waals surface area contributed by atoms with Gasteiger partial charge in [-0.05, 0) is 37.6 Å². The summed E-state index contributed by atoms with van der Waals surface area (Å²) >= 11 is 1.19. The molecule has 1 aromatic heterocycles. The summed E-state index contributed by atoms with van der Waals surface area (Å²) in [6.45, 7) is 2.20. The van der Waals surface area contributed by atoms with Crippen LogP contribution in [-0.4, -0.2) is 46.1 Å². The number of ether oxygens (including phenoxy) is 1. The predicted molar refractivity (Wildman–Crippen MR) is 96.6 cm³/mol. The van der Waals surface area contributed by atoms with Gasteiger partial charge in [0.2, 0.25) is 11.8 Å². The van der Waals surface area contributed by atoms with Crippen LogP contribution >= 0.6 is 11.8 Å². The normalized spacial score (nSPS) is 19.0. The van der Waals surface area contributed by atoms with Gasteiger partial charge in [0.25, 0.3) is 5.89 Å². The Balaban J connectivity index is 1.40. The minimum Gasteiger partial charge on any atom is -0.366 e. The number of aryl methyl sites for hydroxylation is 1. The number of halogens is 1. The number of carbonyl (C=O) groups excluding carboxylic acids is 2. The van der Waals surface area contributed by atoms with Crippen molar-refractivity contribution >= 4 is 29.3 Å². The number of hydrogen-bond donors (Lipinski definition) is 2. The molecule has 3 rings (SSSR count). The van der Waals surface area contributed by atoms with Crippen molar-refractivity contribution in [1.82, 2.24) is 15.5 Å². The highest BCUT2D eigenvalue weighted by atomic mass is 32.2. The second-order valence-electron chi connectivity index (χ2n) is 5.98. The van der Waals surface area contributed by atoms with E-state index in [1.54, 1.807) is 6.92 Å². The Morgan fingerprint density at radius 3 is 2.70 bits per heavy atom. The summed E-state index contributed by atoms with van der Waals surface area (Å²) in [5.74, 6) is 0.259. The summed E-state index contributed by atoms with van der Waals surface area (Å²) in [6, 6.07) is 5.24. The van der Waals surface area contributed by atoms with Crippen LogP contribution in [0.15, 0.2) is 28.8 Å². The van der Waals surface area contributed by atoms with Crippen LogP contribution in [0.3, 0.4) is 0 Å². The number of thioether (sulfide) groups is 1. The SMILES string of the molecule is Cc1noc([C@@H]2OCC[C@@H]2NC(=O)CSCC(=O)Nc2ccc(F)cc2)n1. The summed E-state index contributed by atoms with van der Waals surface area (Å²) in [5.41, 5.74) is 0.507. The third-order valence-corrected chi connectivity index (χ3v) is 4.75. The fraction of sp³-hybridized carbons (Fsp3) is 0.412. The van der Waals surface area contributed by atoms with Crippen LogP contribution in [0.2, 0.25) is 0 Å². The number of nitrogens with one attached hydrogen (secondary N) is 2. The van der Waals surface area contributed by atoms with Gasteiger partial charge in [-0.25, -0.2) is 4.39 Å². The Labute approximate surface area is 159 Å². The van der Waals surface area contributed by atoms with Crippen molar-refractivity contribution in [3.05, 3.63) is 41.8 Å². The first-order valence-electron chi connectivity index (χ1n) is 8.35. The smallest absolute Gasteiger partial charge is 0.257 e. The van der Waals surface area contributed by atoms with Gasteiger partial charge < -0.3 is 19.9 Å². The molecule has 27 heavy (non-hydrogen) atoms. The zero-order valence-corrected chi connectivity index (χ0v) is 15.4. The first-order chi connectivity index (χ1) is 13.0. The third-order valence-electron chi connectivity index (χ3n) is 3.82. The van der Waals surface area contributed by atoms with Crippen molar-refractivity contribution in [2.45, 2.75) is 25.5 Å². The summed E-state index contributed by atoms with van der Waals surface area (Å²) in [4.78, 5) is 28.1. The minimum atomic E-state index is -0.457. The quantitative estimate of drug-likeness (QED) is 0.738. The van der Waals surface area contributed by atoms with Crippen LogP contribution in [0.5, 0.6) is 0 Å². The molecule has 10 heteroatoms. The van der Waals surface area contributed by atoms with Gasteiger partial charge in [-0.1, -0.05) is 5.16 Å². The molecule has 0 unspecified atom stereocenters. The molecule has 0 spiro atoms. The second-order valence-corrected chi connectivity index (χ2v) is 6.97. The average Bonchev–Trinajstić information content (AvgIpc) is 3.25. The van der Waals surface area contributed by atoms with Crippen molar-refractivity contribution in [2.24, 2.45) is 0 Å². The van der Waals surface area contributed by atoms with Crippen LogP contribution in [0.4, 0.5) is 10.1 Å². The highest BCUT2D eigenvalue weighted by Gasteiger charge is 2.34. The van der Waals surface area contributed by atoms with E-state index in [0.29, 0.717) is 30.4 Å². The van der Waals surface area contributed by atoms with Gasteiger partial charge >= 0.3 is 0 Å². The summed E-state index contributed by atoms with van der Waals surface area (Å²) < 4.78 is 23.5. The number of aromatic nitrogens is 2. The highest BCUT2D eigenvalue weighted by Crippen LogP contribution is 2.28. The Hall–Kier alpha value is -2.46. The number of amides is 2. The Kier molecular flexibility index (Phi) is 6.40. The van der Waals surface area contributed by atoms with E-state index >= 15 is 0 Å². The minimum absolute atomic E-state index is 0.109. The van der Waals surface area contributed by atoms with Crippen molar-refractivity contribution in [3.8, 4) is 0 Å². The molecule has 0 radical (unpaired) electrons. The zero-order chi connectivity index (χ0) is 19.2. The van der Waals surface area contributed by atoms with Crippen molar-refractivity contribution in [2.75, 3.05) is 23.4 Å². The first kappa shape index (κ1) is 19.3. The molecule has 0 saturated carbocycles. The van der Waals surface area contributed by atoms with E-state index in [9.17, 15) is 14.0 Å². The van der Waals surface area contributed by atoms with Crippen molar-refractivity contribution < 1.29 is 23.2 Å². The summed E-state index contributed by atoms with van der Waals surface area (Å²) in [6.07, 6.45) is 0.190. The molecule has 2 heterocycles. The third kappa shape index (κ3) is 5.51. The van der Waals surface area contributed by atoms with Crippen LogP contribution in [0, 0.1) is 12.7 Å². The van der Waals surface area contributed by atoms with E-state index in [1.807, 2.05) is 0 Å². The van der Waals surface area contributed by atoms with E-state index < -0.39 is 6.10 Å². The standard InChI is InChI=1S/C17H19FN4O4S/c1-10-19-17(26-22-10)16-13(6-7-25-16)21-15(24)9-27-8-14(23)20-12-4-2-11(18)3-5-12/h2-5,13,16H,6-9H2,1H3,(H,20,23)(H,21,24)/t13-,16+/m0/s1. The van der Waals surface area contributed by atoms with E-state index in [0.717, 1.165) is 0 Å². The van der Waals surface area contributed by atoms with Crippen LogP contribution in [0.25, 0.3) is 0 Å². The van der Waals surface area contributed by atoms with E-state index in [1.165, 1.54) is 36.0 Å². The summed E-state index contributed by atoms with van der Waals surface area (Å²) in [5, 5.41) is 9.26. The fourth-order valence-electron chi connectivity index (χ4n) is 2.62. The van der Waals surface area contributed by atoms with E-state index in [-0.39, 0.29) is 35.2 Å². The fourth-order valence-corrected chi connectivity index (χ4v) is 3.25. The molecule has 1 fully saturated rings. The van der Waals surface area contributed by atoms with E-state index in [2.05, 4.69) is 20.8 Å². The monoisotopic (exact) mass is 394 g/mol. The van der Waals surface area contributed by atoms with Gasteiger partial charge in [-0.15, -0.1) is 11.8 Å². The van der Waals surface area contributed by atoms with Crippen LogP contribution in [0.1, 0.15) is 24.2 Å². The highest BCUT2D eigenvalue weighted by molar-refractivity contribution is 8.00. The van der Waals surface area contributed by atoms with Crippen LogP contribution in [-0.2, 0) is 14.3 Å². The van der Waals surface area contributed by atoms with Crippen LogP contribution < -0.4 is 10.6 Å². The maximum absolute atomic E-state index is 12.8. The number of nitrogens with zero attached hydrogens (tertiary/aromatic N) is 2. The Morgan fingerprint density at radius 1 is 1.26 bits per heavy atom. The molecule has 0 bridgehead atoms. The maximum atomic E-state index is 12.8. The summed E-state index contributed by atoms with van der Waals surface area (Å²) in [7, 11) is 0. The molecular weight excluding hydrogens is 375 g/mol. The molecule has 1 saturated heterocycles. The molecule has 144 valence electrons. The molecule has 0 aliphatic carbocycles. The molecular formula is C17H19FN4O4S. The lowest BCUT2D eigenvalue weighted by atomic mass is 10.1. The largest absolute Gasteiger partial charge is 0.366 e. The molecule has 1 aromatic carbocycles. The molecule has 2 N–H and O–H groups in total. The molecule has 2 aromatic rings. The molecule has 2 amide bonds. The van der Waals surface area contributed by atoms with Gasteiger partial charge in [0.05, 0.1) is 17.5 Å². The molecule has 8 nitrogen and oxygen atoms in total. The maximum Gasteiger partial charge on any atom is 0.257 e. The Morgan fingerprint density at radius 2 is 2.00 bits per heavy atom. The molecule has 1 aliphatic rings. The topological polar surface area (TPSA) is 106 Å². The second kappa shape index (κ2) is 8.96. The number of hydrogen-bond acceptors (Lipinski definition) is 7. The van der Waals surface area contributed by atoms with Crippen molar-refractivity contribution in [3.63, 3.8) is 0 Å². The zero-order valence-electron chi connectivity index (χ0n) is 14.6. The van der Waals surface area contributed by atoms with Gasteiger partial charge in [-0.3, -0.25) is 9.59 Å². The average molecular weight is 394 g/mol. The number of carbonyl (C=O) groups is 2. The van der Waals surface area contributed by atoms with Gasteiger partial charge in [0, 0.05) is 12.3 Å². The van der Waals surface area contributed by atoms with Gasteiger partial charge in [0.15, 0.2) is 11.9 Å². The molecule has 1 aliphatic heterocycles. The van der Waals surface area contributed by atoms with Gasteiger partial charge in [0.1, 0.15) is 5.82 Å². The lowest BCUT2D eigenvalue weighted by Gasteiger charge is -2.16. The lowest BCUT2D eigenvalue weighted by Crippen LogP contribution is -2.38. The van der Waals surface area contributed by atoms with E-state index in [4.69, 9.17) is 9.26 Å². The number of rotatable bonds is 7. The number of anilines is 1. The lowest BCUT2D eigenvalue weighted by molar-refractivity contribution is -0.119. The van der Waals surface area contributed by atoms with Gasteiger partial charge in [-0.2, -0.15) is 4.98 Å². The predicted octanol–water partition coefficient (Wildman–Crippen LogP) is 1.84. The first-order valence-corrected chi connectivity index (χ1v) is 9.51. The Bertz CT molecular complexity index is 798. The number of benzene rings is 1. The molecule has 2 atom stereocenters. The van der Waals surface area contributed by atoms with Crippen molar-refractivity contribution in [1.29, 1.82) is 0 Å².